The molecule has 0 aliphatic heterocycles. The molecule has 0 saturated carbocycles. The summed E-state index contributed by atoms with van der Waals surface area (Å²) in [6.45, 7) is 2.51. The van der Waals surface area contributed by atoms with Gasteiger partial charge in [0.2, 0.25) is 0 Å². The van der Waals surface area contributed by atoms with Crippen LogP contribution in [0.25, 0.3) is 0 Å². The Morgan fingerprint density at radius 1 is 1.38 bits per heavy atom. The fourth-order valence-corrected chi connectivity index (χ4v) is 2.43. The zero-order valence-corrected chi connectivity index (χ0v) is 10.00. The highest BCUT2D eigenvalue weighted by Gasteiger charge is 2.14. The average molecular weight is 237 g/mol. The van der Waals surface area contributed by atoms with Crippen molar-refractivity contribution in [3.63, 3.8) is 0 Å². The van der Waals surface area contributed by atoms with E-state index in [0.29, 0.717) is 6.54 Å². The third-order valence-electron chi connectivity index (χ3n) is 2.30. The molecule has 16 heavy (non-hydrogen) atoms. The normalized spacial score (nSPS) is 12.9. The highest BCUT2D eigenvalue weighted by molar-refractivity contribution is 7.98. The summed E-state index contributed by atoms with van der Waals surface area (Å²) in [5.41, 5.74) is 5.74. The maximum Gasteiger partial charge on any atom is 0.118 e. The Hall–Kier alpha value is -1.13. The summed E-state index contributed by atoms with van der Waals surface area (Å²) in [4.78, 5) is 0. The average Bonchev–Trinajstić information content (AvgIpc) is 2.91. The Labute approximate surface area is 99.0 Å². The first kappa shape index (κ1) is 11.4. The molecule has 2 aromatic rings. The SMILES string of the molecule is Cc1ccc(C(CN)SCc2ccco2)o1. The van der Waals surface area contributed by atoms with Gasteiger partial charge in [-0.15, -0.1) is 11.8 Å². The van der Waals surface area contributed by atoms with Crippen molar-refractivity contribution in [1.29, 1.82) is 0 Å². The summed E-state index contributed by atoms with van der Waals surface area (Å²) in [6.07, 6.45) is 1.68. The first-order chi connectivity index (χ1) is 7.79. The van der Waals surface area contributed by atoms with Crippen molar-refractivity contribution in [2.45, 2.75) is 17.9 Å². The van der Waals surface area contributed by atoms with E-state index >= 15 is 0 Å². The fourth-order valence-electron chi connectivity index (χ4n) is 1.47. The van der Waals surface area contributed by atoms with Crippen molar-refractivity contribution in [3.8, 4) is 0 Å². The Kier molecular flexibility index (Phi) is 3.74. The minimum Gasteiger partial charge on any atom is -0.468 e. The van der Waals surface area contributed by atoms with Crippen molar-refractivity contribution in [1.82, 2.24) is 0 Å². The van der Waals surface area contributed by atoms with Crippen LogP contribution in [0.1, 0.15) is 22.5 Å². The van der Waals surface area contributed by atoms with Crippen molar-refractivity contribution in [3.05, 3.63) is 47.8 Å². The lowest BCUT2D eigenvalue weighted by Gasteiger charge is -2.10. The summed E-state index contributed by atoms with van der Waals surface area (Å²) in [5.74, 6) is 3.64. The maximum atomic E-state index is 5.74. The third kappa shape index (κ3) is 2.71. The molecule has 2 N–H and O–H groups in total. The van der Waals surface area contributed by atoms with Crippen LogP contribution in [0.2, 0.25) is 0 Å². The number of thioether (sulfide) groups is 1. The van der Waals surface area contributed by atoms with Gasteiger partial charge in [0.25, 0.3) is 0 Å². The first-order valence-corrected chi connectivity index (χ1v) is 6.25. The van der Waals surface area contributed by atoms with Crippen molar-refractivity contribution in [2.24, 2.45) is 5.73 Å². The molecular formula is C12H15NO2S. The molecule has 3 nitrogen and oxygen atoms in total. The van der Waals surface area contributed by atoms with E-state index in [1.807, 2.05) is 31.2 Å². The number of furan rings is 2. The lowest BCUT2D eigenvalue weighted by molar-refractivity contribution is 0.481. The van der Waals surface area contributed by atoms with Gasteiger partial charge < -0.3 is 14.6 Å². The van der Waals surface area contributed by atoms with Gasteiger partial charge in [0, 0.05) is 6.54 Å². The van der Waals surface area contributed by atoms with E-state index in [0.717, 1.165) is 23.0 Å². The van der Waals surface area contributed by atoms with Crippen LogP contribution in [0.5, 0.6) is 0 Å². The largest absolute Gasteiger partial charge is 0.468 e. The summed E-state index contributed by atoms with van der Waals surface area (Å²) in [5, 5.41) is 0.193. The van der Waals surface area contributed by atoms with Crippen molar-refractivity contribution >= 4 is 11.8 Å². The van der Waals surface area contributed by atoms with E-state index in [4.69, 9.17) is 14.6 Å². The lowest BCUT2D eigenvalue weighted by Crippen LogP contribution is -2.08. The van der Waals surface area contributed by atoms with Crippen LogP contribution in [-0.2, 0) is 5.75 Å². The monoisotopic (exact) mass is 237 g/mol. The van der Waals surface area contributed by atoms with Gasteiger partial charge in [-0.25, -0.2) is 0 Å². The van der Waals surface area contributed by atoms with Gasteiger partial charge in [-0.3, -0.25) is 0 Å². The molecule has 0 fully saturated rings. The second-order valence-electron chi connectivity index (χ2n) is 3.56. The zero-order valence-electron chi connectivity index (χ0n) is 9.18. The standard InChI is InChI=1S/C12H15NO2S/c1-9-4-5-11(15-9)12(7-13)16-8-10-3-2-6-14-10/h2-6,12H,7-8,13H2,1H3. The van der Waals surface area contributed by atoms with E-state index in [1.165, 1.54) is 0 Å². The predicted octanol–water partition coefficient (Wildman–Crippen LogP) is 3.11. The number of aryl methyl sites for hydroxylation is 1. The third-order valence-corrected chi connectivity index (χ3v) is 3.58. The maximum absolute atomic E-state index is 5.74. The summed E-state index contributed by atoms with van der Waals surface area (Å²) in [6, 6.07) is 7.81. The predicted molar refractivity (Wildman–Crippen MR) is 65.2 cm³/mol. The smallest absolute Gasteiger partial charge is 0.118 e. The Morgan fingerprint density at radius 2 is 2.25 bits per heavy atom. The lowest BCUT2D eigenvalue weighted by atomic mass is 10.3. The second-order valence-corrected chi connectivity index (χ2v) is 4.75. The molecule has 2 aromatic heterocycles. The fraction of sp³-hybridized carbons (Fsp3) is 0.333. The van der Waals surface area contributed by atoms with E-state index in [1.54, 1.807) is 18.0 Å². The molecule has 86 valence electrons. The molecule has 0 aliphatic carbocycles. The van der Waals surface area contributed by atoms with Crippen LogP contribution in [0, 0.1) is 6.92 Å². The number of nitrogens with two attached hydrogens (primary N) is 1. The molecular weight excluding hydrogens is 222 g/mol. The highest BCUT2D eigenvalue weighted by Crippen LogP contribution is 2.31. The summed E-state index contributed by atoms with van der Waals surface area (Å²) < 4.78 is 10.9. The summed E-state index contributed by atoms with van der Waals surface area (Å²) >= 11 is 1.73. The van der Waals surface area contributed by atoms with Crippen molar-refractivity contribution < 1.29 is 8.83 Å². The molecule has 0 spiro atoms. The number of hydrogen-bond acceptors (Lipinski definition) is 4. The first-order valence-electron chi connectivity index (χ1n) is 5.20. The molecule has 2 heterocycles. The van der Waals surface area contributed by atoms with E-state index in [9.17, 15) is 0 Å². The molecule has 0 radical (unpaired) electrons. The van der Waals surface area contributed by atoms with Crippen LogP contribution in [0.4, 0.5) is 0 Å². The topological polar surface area (TPSA) is 52.3 Å². The molecule has 0 saturated heterocycles. The second kappa shape index (κ2) is 5.27. The molecule has 0 amide bonds. The van der Waals surface area contributed by atoms with E-state index < -0.39 is 0 Å². The van der Waals surface area contributed by atoms with Crippen LogP contribution in [0.3, 0.4) is 0 Å². The molecule has 2 rings (SSSR count). The quantitative estimate of drug-likeness (QED) is 0.868. The van der Waals surface area contributed by atoms with Gasteiger partial charge in [0.1, 0.15) is 17.3 Å². The number of rotatable bonds is 5. The van der Waals surface area contributed by atoms with Crippen LogP contribution in [-0.4, -0.2) is 6.54 Å². The Morgan fingerprint density at radius 3 is 2.81 bits per heavy atom. The van der Waals surface area contributed by atoms with Gasteiger partial charge in [0.15, 0.2) is 0 Å². The van der Waals surface area contributed by atoms with Crippen molar-refractivity contribution in [2.75, 3.05) is 6.54 Å². The van der Waals surface area contributed by atoms with Gasteiger partial charge >= 0.3 is 0 Å². The van der Waals surface area contributed by atoms with Crippen LogP contribution in [0.15, 0.2) is 39.4 Å². The Bertz CT molecular complexity index is 422. The minimum absolute atomic E-state index is 0.193. The van der Waals surface area contributed by atoms with Crippen LogP contribution < -0.4 is 5.73 Å². The van der Waals surface area contributed by atoms with Crippen LogP contribution >= 0.6 is 11.8 Å². The minimum atomic E-state index is 0.193. The van der Waals surface area contributed by atoms with Gasteiger partial charge in [-0.2, -0.15) is 0 Å². The number of hydrogen-bond donors (Lipinski definition) is 1. The molecule has 1 unspecified atom stereocenters. The van der Waals surface area contributed by atoms with Gasteiger partial charge in [-0.1, -0.05) is 0 Å². The van der Waals surface area contributed by atoms with E-state index in [2.05, 4.69) is 0 Å². The molecule has 0 bridgehead atoms. The van der Waals surface area contributed by atoms with Gasteiger partial charge in [0.05, 0.1) is 17.3 Å². The van der Waals surface area contributed by atoms with E-state index in [-0.39, 0.29) is 5.25 Å². The molecule has 0 aromatic carbocycles. The molecule has 0 aliphatic rings. The van der Waals surface area contributed by atoms with Gasteiger partial charge in [-0.05, 0) is 31.2 Å². The zero-order chi connectivity index (χ0) is 11.4. The molecule has 4 heteroatoms. The Balaban J connectivity index is 1.96. The highest BCUT2D eigenvalue weighted by atomic mass is 32.2. The molecule has 1 atom stereocenters. The summed E-state index contributed by atoms with van der Waals surface area (Å²) in [7, 11) is 0.